The van der Waals surface area contributed by atoms with Gasteiger partial charge >= 0.3 is 5.97 Å². The molecule has 1 unspecified atom stereocenters. The first-order valence-electron chi connectivity index (χ1n) is 5.86. The van der Waals surface area contributed by atoms with E-state index in [4.69, 9.17) is 5.11 Å². The fourth-order valence-electron chi connectivity index (χ4n) is 1.80. The van der Waals surface area contributed by atoms with E-state index in [1.165, 1.54) is 0 Å². The van der Waals surface area contributed by atoms with E-state index in [1.807, 2.05) is 33.9 Å². The molecule has 1 aromatic heterocycles. The number of aliphatic carboxylic acids is 1. The Hall–Kier alpha value is -1.36. The van der Waals surface area contributed by atoms with E-state index >= 15 is 0 Å². The predicted molar refractivity (Wildman–Crippen MR) is 65.7 cm³/mol. The van der Waals surface area contributed by atoms with Crippen molar-refractivity contribution in [3.05, 3.63) is 17.5 Å². The molecule has 0 aliphatic rings. The van der Waals surface area contributed by atoms with E-state index in [2.05, 4.69) is 10.4 Å². The maximum absolute atomic E-state index is 11.1. The van der Waals surface area contributed by atoms with Crippen molar-refractivity contribution in [2.75, 3.05) is 0 Å². The van der Waals surface area contributed by atoms with E-state index in [-0.39, 0.29) is 0 Å². The lowest BCUT2D eigenvalue weighted by molar-refractivity contribution is -0.140. The molecule has 0 amide bonds. The first-order chi connectivity index (χ1) is 7.90. The van der Waals surface area contributed by atoms with Gasteiger partial charge in [-0.25, -0.2) is 0 Å². The SMILES string of the molecule is Cc1cc(CNC(CC(C)C)C(=O)O)n(C)n1. The van der Waals surface area contributed by atoms with E-state index in [0.717, 1.165) is 11.4 Å². The zero-order valence-electron chi connectivity index (χ0n) is 10.9. The average molecular weight is 239 g/mol. The van der Waals surface area contributed by atoms with Crippen molar-refractivity contribution >= 4 is 5.97 Å². The second-order valence-electron chi connectivity index (χ2n) is 4.80. The van der Waals surface area contributed by atoms with Crippen LogP contribution in [-0.2, 0) is 18.4 Å². The molecule has 1 rings (SSSR count). The number of carboxylic acids is 1. The van der Waals surface area contributed by atoms with Crippen LogP contribution in [0.4, 0.5) is 0 Å². The molecule has 1 heterocycles. The molecule has 0 spiro atoms. The zero-order valence-corrected chi connectivity index (χ0v) is 10.9. The maximum atomic E-state index is 11.1. The van der Waals surface area contributed by atoms with E-state index in [0.29, 0.717) is 18.9 Å². The van der Waals surface area contributed by atoms with Gasteiger partial charge in [0.05, 0.1) is 11.4 Å². The molecular weight excluding hydrogens is 218 g/mol. The molecular formula is C12H21N3O2. The smallest absolute Gasteiger partial charge is 0.320 e. The Bertz CT molecular complexity index is 385. The van der Waals surface area contributed by atoms with Gasteiger partial charge in [-0.2, -0.15) is 5.10 Å². The Balaban J connectivity index is 2.57. The first-order valence-corrected chi connectivity index (χ1v) is 5.86. The van der Waals surface area contributed by atoms with Crippen molar-refractivity contribution in [1.29, 1.82) is 0 Å². The number of hydrogen-bond acceptors (Lipinski definition) is 3. The molecule has 0 aliphatic carbocycles. The van der Waals surface area contributed by atoms with Crippen molar-refractivity contribution < 1.29 is 9.90 Å². The molecule has 0 aromatic carbocycles. The fourth-order valence-corrected chi connectivity index (χ4v) is 1.80. The Labute approximate surface area is 102 Å². The molecule has 0 aliphatic heterocycles. The summed E-state index contributed by atoms with van der Waals surface area (Å²) in [5.74, 6) is -0.436. The Kier molecular flexibility index (Phi) is 4.69. The highest BCUT2D eigenvalue weighted by Crippen LogP contribution is 2.07. The van der Waals surface area contributed by atoms with Gasteiger partial charge in [0.2, 0.25) is 0 Å². The number of aryl methyl sites for hydroxylation is 2. The van der Waals surface area contributed by atoms with Crippen molar-refractivity contribution in [3.8, 4) is 0 Å². The molecule has 0 saturated heterocycles. The number of carbonyl (C=O) groups is 1. The van der Waals surface area contributed by atoms with Gasteiger partial charge in [-0.05, 0) is 25.3 Å². The summed E-state index contributed by atoms with van der Waals surface area (Å²) in [7, 11) is 1.86. The second-order valence-corrected chi connectivity index (χ2v) is 4.80. The zero-order chi connectivity index (χ0) is 13.0. The van der Waals surface area contributed by atoms with Crippen molar-refractivity contribution in [2.45, 2.75) is 39.8 Å². The van der Waals surface area contributed by atoms with Gasteiger partial charge in [0.1, 0.15) is 6.04 Å². The summed E-state index contributed by atoms with van der Waals surface area (Å²) in [5.41, 5.74) is 1.94. The van der Waals surface area contributed by atoms with Crippen LogP contribution >= 0.6 is 0 Å². The van der Waals surface area contributed by atoms with Crippen LogP contribution in [0.15, 0.2) is 6.07 Å². The van der Waals surface area contributed by atoms with Crippen molar-refractivity contribution in [2.24, 2.45) is 13.0 Å². The third-order valence-electron chi connectivity index (χ3n) is 2.63. The summed E-state index contributed by atoms with van der Waals surface area (Å²) >= 11 is 0. The van der Waals surface area contributed by atoms with Crippen LogP contribution in [0.3, 0.4) is 0 Å². The summed E-state index contributed by atoms with van der Waals surface area (Å²) in [5, 5.41) is 16.4. The van der Waals surface area contributed by atoms with Gasteiger partial charge in [0.15, 0.2) is 0 Å². The lowest BCUT2D eigenvalue weighted by Crippen LogP contribution is -2.37. The topological polar surface area (TPSA) is 67.2 Å². The minimum atomic E-state index is -0.794. The van der Waals surface area contributed by atoms with Gasteiger partial charge in [-0.15, -0.1) is 0 Å². The van der Waals surface area contributed by atoms with Crippen LogP contribution < -0.4 is 5.32 Å². The molecule has 0 saturated carbocycles. The van der Waals surface area contributed by atoms with Crippen molar-refractivity contribution in [3.63, 3.8) is 0 Å². The Morgan fingerprint density at radius 3 is 2.65 bits per heavy atom. The third kappa shape index (κ3) is 4.19. The van der Waals surface area contributed by atoms with Gasteiger partial charge < -0.3 is 5.11 Å². The van der Waals surface area contributed by atoms with Gasteiger partial charge in [-0.3, -0.25) is 14.8 Å². The second kappa shape index (κ2) is 5.82. The average Bonchev–Trinajstić information content (AvgIpc) is 2.51. The number of nitrogens with zero attached hydrogens (tertiary/aromatic N) is 2. The quantitative estimate of drug-likeness (QED) is 0.785. The third-order valence-corrected chi connectivity index (χ3v) is 2.63. The van der Waals surface area contributed by atoms with Gasteiger partial charge in [0, 0.05) is 13.6 Å². The predicted octanol–water partition coefficient (Wildman–Crippen LogP) is 1.32. The number of nitrogens with one attached hydrogen (secondary N) is 1. The first kappa shape index (κ1) is 13.7. The molecule has 0 fully saturated rings. The molecule has 17 heavy (non-hydrogen) atoms. The fraction of sp³-hybridized carbons (Fsp3) is 0.667. The van der Waals surface area contributed by atoms with Crippen LogP contribution in [0.2, 0.25) is 0 Å². The molecule has 0 radical (unpaired) electrons. The van der Waals surface area contributed by atoms with E-state index in [9.17, 15) is 4.79 Å². The summed E-state index contributed by atoms with van der Waals surface area (Å²) in [6.07, 6.45) is 0.631. The lowest BCUT2D eigenvalue weighted by atomic mass is 10.0. The number of rotatable bonds is 6. The van der Waals surface area contributed by atoms with Crippen LogP contribution in [-0.4, -0.2) is 26.9 Å². The summed E-state index contributed by atoms with van der Waals surface area (Å²) in [6, 6.07) is 1.46. The molecule has 1 aromatic rings. The van der Waals surface area contributed by atoms with Gasteiger partial charge in [0.25, 0.3) is 0 Å². The molecule has 0 bridgehead atoms. The van der Waals surface area contributed by atoms with E-state index in [1.54, 1.807) is 4.68 Å². The molecule has 96 valence electrons. The summed E-state index contributed by atoms with van der Waals surface area (Å²) in [4.78, 5) is 11.1. The Morgan fingerprint density at radius 1 is 1.59 bits per heavy atom. The Morgan fingerprint density at radius 2 is 2.24 bits per heavy atom. The molecule has 1 atom stereocenters. The number of hydrogen-bond donors (Lipinski definition) is 2. The highest BCUT2D eigenvalue weighted by atomic mass is 16.4. The maximum Gasteiger partial charge on any atom is 0.320 e. The van der Waals surface area contributed by atoms with Crippen LogP contribution in [0.25, 0.3) is 0 Å². The number of carboxylic acid groups (broad SMARTS) is 1. The lowest BCUT2D eigenvalue weighted by Gasteiger charge is -2.16. The van der Waals surface area contributed by atoms with Crippen LogP contribution in [0.5, 0.6) is 0 Å². The molecule has 2 N–H and O–H groups in total. The minimum absolute atomic E-state index is 0.358. The standard InChI is InChI=1S/C12H21N3O2/c1-8(2)5-11(12(16)17)13-7-10-6-9(3)14-15(10)4/h6,8,11,13H,5,7H2,1-4H3,(H,16,17). The highest BCUT2D eigenvalue weighted by molar-refractivity contribution is 5.73. The summed E-state index contributed by atoms with van der Waals surface area (Å²) in [6.45, 7) is 6.49. The highest BCUT2D eigenvalue weighted by Gasteiger charge is 2.18. The monoisotopic (exact) mass is 239 g/mol. The summed E-state index contributed by atoms with van der Waals surface area (Å²) < 4.78 is 1.77. The minimum Gasteiger partial charge on any atom is -0.480 e. The molecule has 5 heteroatoms. The van der Waals surface area contributed by atoms with Crippen molar-refractivity contribution in [1.82, 2.24) is 15.1 Å². The largest absolute Gasteiger partial charge is 0.480 e. The number of aromatic nitrogens is 2. The molecule has 5 nitrogen and oxygen atoms in total. The van der Waals surface area contributed by atoms with E-state index < -0.39 is 12.0 Å². The van der Waals surface area contributed by atoms with Crippen LogP contribution in [0, 0.1) is 12.8 Å². The van der Waals surface area contributed by atoms with Crippen LogP contribution in [0.1, 0.15) is 31.7 Å². The van der Waals surface area contributed by atoms with Gasteiger partial charge in [-0.1, -0.05) is 13.8 Å². The normalized spacial score (nSPS) is 13.0.